The first-order valence-corrected chi connectivity index (χ1v) is 6.29. The molecular formula is C14H12F3NO5. The molecular weight excluding hydrogens is 319 g/mol. The first kappa shape index (κ1) is 16.7. The van der Waals surface area contributed by atoms with Gasteiger partial charge in [0.05, 0.1) is 18.2 Å². The number of hydrogen-bond donors (Lipinski definition) is 1. The monoisotopic (exact) mass is 331 g/mol. The molecule has 1 heterocycles. The minimum absolute atomic E-state index is 0.0113. The van der Waals surface area contributed by atoms with Crippen molar-refractivity contribution < 1.29 is 37.3 Å². The molecule has 1 N–H and O–H groups in total. The number of halogens is 3. The minimum Gasteiger partial charge on any atom is -0.496 e. The van der Waals surface area contributed by atoms with Crippen LogP contribution in [-0.4, -0.2) is 41.5 Å². The molecule has 6 nitrogen and oxygen atoms in total. The van der Waals surface area contributed by atoms with Gasteiger partial charge in [-0.2, -0.15) is 13.2 Å². The van der Waals surface area contributed by atoms with E-state index in [9.17, 15) is 22.8 Å². The van der Waals surface area contributed by atoms with Crippen molar-refractivity contribution in [2.45, 2.75) is 6.18 Å². The van der Waals surface area contributed by atoms with Crippen molar-refractivity contribution in [1.29, 1.82) is 0 Å². The van der Waals surface area contributed by atoms with Crippen LogP contribution >= 0.6 is 0 Å². The zero-order valence-corrected chi connectivity index (χ0v) is 12.1. The molecule has 0 saturated heterocycles. The molecule has 1 aromatic carbocycles. The van der Waals surface area contributed by atoms with Gasteiger partial charge in [-0.15, -0.1) is 0 Å². The van der Waals surface area contributed by atoms with Crippen LogP contribution in [0.25, 0.3) is 10.9 Å². The van der Waals surface area contributed by atoms with Crippen molar-refractivity contribution in [1.82, 2.24) is 4.57 Å². The Bertz CT molecular complexity index is 779. The third kappa shape index (κ3) is 3.22. The average Bonchev–Trinajstić information content (AvgIpc) is 2.80. The molecule has 0 saturated carbocycles. The third-order valence-electron chi connectivity index (χ3n) is 3.13. The molecule has 0 spiro atoms. The summed E-state index contributed by atoms with van der Waals surface area (Å²) >= 11 is 0. The van der Waals surface area contributed by atoms with Gasteiger partial charge in [0.2, 0.25) is 0 Å². The molecule has 23 heavy (non-hydrogen) atoms. The molecule has 0 aliphatic rings. The van der Waals surface area contributed by atoms with Gasteiger partial charge in [-0.1, -0.05) is 0 Å². The van der Waals surface area contributed by atoms with Crippen molar-refractivity contribution in [2.75, 3.05) is 13.7 Å². The van der Waals surface area contributed by atoms with Crippen LogP contribution in [0.3, 0.4) is 0 Å². The van der Waals surface area contributed by atoms with Crippen LogP contribution in [0.4, 0.5) is 13.2 Å². The molecule has 9 heteroatoms. The number of esters is 1. The maximum atomic E-state index is 12.2. The van der Waals surface area contributed by atoms with E-state index in [0.29, 0.717) is 0 Å². The van der Waals surface area contributed by atoms with Crippen LogP contribution in [0.5, 0.6) is 5.75 Å². The number of carboxylic acids is 1. The van der Waals surface area contributed by atoms with Crippen LogP contribution in [-0.2, 0) is 11.8 Å². The van der Waals surface area contributed by atoms with Crippen LogP contribution in [0.15, 0.2) is 18.3 Å². The number of nitrogens with zero attached hydrogens (tertiary/aromatic N) is 1. The summed E-state index contributed by atoms with van der Waals surface area (Å²) in [4.78, 5) is 23.3. The van der Waals surface area contributed by atoms with Crippen molar-refractivity contribution >= 4 is 22.8 Å². The zero-order valence-electron chi connectivity index (χ0n) is 12.1. The molecule has 0 amide bonds. The highest BCUT2D eigenvalue weighted by atomic mass is 19.4. The second-order valence-corrected chi connectivity index (χ2v) is 4.69. The highest BCUT2D eigenvalue weighted by Crippen LogP contribution is 2.32. The number of alkyl halides is 3. The normalized spacial score (nSPS) is 11.5. The van der Waals surface area contributed by atoms with E-state index in [2.05, 4.69) is 4.74 Å². The van der Waals surface area contributed by atoms with E-state index < -0.39 is 24.7 Å². The largest absolute Gasteiger partial charge is 0.496 e. The number of aromatic nitrogens is 1. The Kier molecular flexibility index (Phi) is 4.22. The third-order valence-corrected chi connectivity index (χ3v) is 3.13. The van der Waals surface area contributed by atoms with E-state index >= 15 is 0 Å². The van der Waals surface area contributed by atoms with Crippen LogP contribution < -0.4 is 4.74 Å². The smallest absolute Gasteiger partial charge is 0.422 e. The number of carboxylic acid groups (broad SMARTS) is 1. The lowest BCUT2D eigenvalue weighted by Gasteiger charge is -2.12. The molecule has 0 fully saturated rings. The Labute approximate surface area is 128 Å². The molecule has 2 aromatic rings. The number of rotatable bonds is 4. The Hall–Kier alpha value is -2.71. The first-order chi connectivity index (χ1) is 10.7. The highest BCUT2D eigenvalue weighted by Gasteiger charge is 2.31. The Morgan fingerprint density at radius 1 is 1.30 bits per heavy atom. The number of fused-ring (bicyclic) bond motifs is 1. The maximum Gasteiger partial charge on any atom is 0.422 e. The van der Waals surface area contributed by atoms with E-state index in [0.717, 1.165) is 0 Å². The van der Waals surface area contributed by atoms with E-state index in [4.69, 9.17) is 9.84 Å². The molecule has 2 rings (SSSR count). The summed E-state index contributed by atoms with van der Waals surface area (Å²) in [7, 11) is 2.71. The lowest BCUT2D eigenvalue weighted by molar-refractivity contribution is -0.161. The molecule has 0 aliphatic carbocycles. The van der Waals surface area contributed by atoms with Crippen molar-refractivity contribution in [3.05, 3.63) is 29.5 Å². The molecule has 124 valence electrons. The standard InChI is InChI=1S/C14H12F3NO5/c1-18-5-8(12(19)20)7-3-4-9(22-2)10(11(7)18)13(21)23-6-14(15,16)17/h3-5H,6H2,1-2H3,(H,19,20). The number of aromatic carboxylic acids is 1. The Morgan fingerprint density at radius 3 is 2.48 bits per heavy atom. The number of carbonyl (C=O) groups excluding carboxylic acids is 1. The van der Waals surface area contributed by atoms with Crippen LogP contribution in [0.1, 0.15) is 20.7 Å². The van der Waals surface area contributed by atoms with Gasteiger partial charge >= 0.3 is 18.1 Å². The second kappa shape index (κ2) is 5.82. The first-order valence-electron chi connectivity index (χ1n) is 6.29. The van der Waals surface area contributed by atoms with E-state index in [1.54, 1.807) is 0 Å². The van der Waals surface area contributed by atoms with Crippen LogP contribution in [0.2, 0.25) is 0 Å². The van der Waals surface area contributed by atoms with Gasteiger partial charge in [-0.05, 0) is 12.1 Å². The number of hydrogen-bond acceptors (Lipinski definition) is 4. The molecule has 0 radical (unpaired) electrons. The summed E-state index contributed by atoms with van der Waals surface area (Å²) in [5.41, 5.74) is -0.229. The topological polar surface area (TPSA) is 77.8 Å². The summed E-state index contributed by atoms with van der Waals surface area (Å²) in [6, 6.07) is 2.72. The van der Waals surface area contributed by atoms with Crippen molar-refractivity contribution in [3.8, 4) is 5.75 Å². The molecule has 0 bridgehead atoms. The fourth-order valence-corrected chi connectivity index (χ4v) is 2.24. The van der Waals surface area contributed by atoms with E-state index in [1.165, 1.54) is 37.1 Å². The fraction of sp³-hybridized carbons (Fsp3) is 0.286. The quantitative estimate of drug-likeness (QED) is 0.872. The lowest BCUT2D eigenvalue weighted by Crippen LogP contribution is -2.21. The van der Waals surface area contributed by atoms with E-state index in [1.807, 2.05) is 0 Å². The number of benzene rings is 1. The SMILES string of the molecule is COc1ccc2c(C(=O)O)cn(C)c2c1C(=O)OCC(F)(F)F. The number of ether oxygens (including phenoxy) is 2. The predicted molar refractivity (Wildman–Crippen MR) is 72.8 cm³/mol. The van der Waals surface area contributed by atoms with Gasteiger partial charge in [0.25, 0.3) is 0 Å². The second-order valence-electron chi connectivity index (χ2n) is 4.69. The van der Waals surface area contributed by atoms with Gasteiger partial charge in [0.15, 0.2) is 6.61 Å². The van der Waals surface area contributed by atoms with Gasteiger partial charge in [0, 0.05) is 18.6 Å². The number of aryl methyl sites for hydroxylation is 1. The molecule has 0 unspecified atom stereocenters. The highest BCUT2D eigenvalue weighted by molar-refractivity contribution is 6.12. The van der Waals surface area contributed by atoms with Crippen LogP contribution in [0, 0.1) is 0 Å². The van der Waals surface area contributed by atoms with Gasteiger partial charge in [0.1, 0.15) is 11.3 Å². The summed E-state index contributed by atoms with van der Waals surface area (Å²) in [6.07, 6.45) is -3.41. The number of carbonyl (C=O) groups is 2. The number of methoxy groups -OCH3 is 1. The molecule has 1 aromatic heterocycles. The predicted octanol–water partition coefficient (Wildman–Crippen LogP) is 2.60. The summed E-state index contributed by atoms with van der Waals surface area (Å²) in [5, 5.41) is 9.35. The summed E-state index contributed by atoms with van der Waals surface area (Å²) in [6.45, 7) is -1.75. The maximum absolute atomic E-state index is 12.2. The van der Waals surface area contributed by atoms with E-state index in [-0.39, 0.29) is 27.8 Å². The van der Waals surface area contributed by atoms with Gasteiger partial charge in [-0.25, -0.2) is 9.59 Å². The summed E-state index contributed by atoms with van der Waals surface area (Å²) < 4.78 is 47.3. The summed E-state index contributed by atoms with van der Waals surface area (Å²) in [5.74, 6) is -2.49. The fourth-order valence-electron chi connectivity index (χ4n) is 2.24. The van der Waals surface area contributed by atoms with Crippen molar-refractivity contribution in [3.63, 3.8) is 0 Å². The van der Waals surface area contributed by atoms with Gasteiger partial charge < -0.3 is 19.1 Å². The Balaban J connectivity index is 2.60. The van der Waals surface area contributed by atoms with Gasteiger partial charge in [-0.3, -0.25) is 0 Å². The Morgan fingerprint density at radius 2 is 1.96 bits per heavy atom. The average molecular weight is 331 g/mol. The minimum atomic E-state index is -4.67. The molecule has 0 aliphatic heterocycles. The molecule has 0 atom stereocenters. The zero-order chi connectivity index (χ0) is 17.4. The van der Waals surface area contributed by atoms with Crippen molar-refractivity contribution in [2.24, 2.45) is 7.05 Å². The lowest BCUT2D eigenvalue weighted by atomic mass is 10.1.